The van der Waals surface area contributed by atoms with Crippen LogP contribution in [0.3, 0.4) is 0 Å². The van der Waals surface area contributed by atoms with Crippen LogP contribution in [0.1, 0.15) is 40.4 Å². The maximum absolute atomic E-state index is 11.3. The van der Waals surface area contributed by atoms with Crippen molar-refractivity contribution >= 4 is 11.5 Å². The minimum absolute atomic E-state index is 0.0166. The third-order valence-electron chi connectivity index (χ3n) is 2.19. The van der Waals surface area contributed by atoms with Gasteiger partial charge in [0, 0.05) is 5.54 Å². The molecule has 0 fully saturated rings. The normalized spacial score (nSPS) is 11.6. The van der Waals surface area contributed by atoms with E-state index < -0.39 is 4.92 Å². The van der Waals surface area contributed by atoms with Crippen LogP contribution in [0.5, 0.6) is 5.88 Å². The third kappa shape index (κ3) is 4.64. The molecule has 0 unspecified atom stereocenters. The molecule has 0 saturated carbocycles. The Morgan fingerprint density at radius 2 is 1.95 bits per heavy atom. The highest BCUT2D eigenvalue weighted by molar-refractivity contribution is 5.62. The number of rotatable bonds is 5. The van der Waals surface area contributed by atoms with Gasteiger partial charge >= 0.3 is 5.69 Å². The van der Waals surface area contributed by atoms with Gasteiger partial charge in [0.15, 0.2) is 0 Å². The van der Waals surface area contributed by atoms with Gasteiger partial charge in [0.05, 0.1) is 11.5 Å². The second-order valence-corrected chi connectivity index (χ2v) is 6.11. The Labute approximate surface area is 118 Å². The molecule has 1 aromatic heterocycles. The van der Waals surface area contributed by atoms with E-state index in [4.69, 9.17) is 4.74 Å². The molecular weight excluding hydrogens is 260 g/mol. The number of anilines is 1. The van der Waals surface area contributed by atoms with Crippen LogP contribution in [0.25, 0.3) is 0 Å². The molecule has 7 nitrogen and oxygen atoms in total. The fourth-order valence-corrected chi connectivity index (χ4v) is 1.49. The number of nitro groups is 1. The molecular formula is C13H22N4O3. The number of ether oxygens (including phenoxy) is 1. The zero-order valence-corrected chi connectivity index (χ0v) is 12.9. The summed E-state index contributed by atoms with van der Waals surface area (Å²) >= 11 is 0. The van der Waals surface area contributed by atoms with Crippen LogP contribution in [0.2, 0.25) is 0 Å². The maximum Gasteiger partial charge on any atom is 0.372 e. The molecule has 0 bridgehead atoms. The molecule has 0 radical (unpaired) electrons. The summed E-state index contributed by atoms with van der Waals surface area (Å²) in [5, 5.41) is 14.3. The Morgan fingerprint density at radius 3 is 2.40 bits per heavy atom. The molecule has 1 rings (SSSR count). The molecule has 0 aliphatic heterocycles. The lowest BCUT2D eigenvalue weighted by Crippen LogP contribution is -2.27. The fraction of sp³-hybridized carbons (Fsp3) is 0.692. The van der Waals surface area contributed by atoms with Crippen LogP contribution >= 0.6 is 0 Å². The van der Waals surface area contributed by atoms with Crippen LogP contribution in [0.15, 0.2) is 0 Å². The molecule has 0 amide bonds. The van der Waals surface area contributed by atoms with Gasteiger partial charge in [-0.3, -0.25) is 10.1 Å². The first kappa shape index (κ1) is 16.1. The number of aromatic nitrogens is 2. The van der Waals surface area contributed by atoms with Crippen LogP contribution in [0, 0.1) is 23.0 Å². The zero-order valence-electron chi connectivity index (χ0n) is 12.9. The highest BCUT2D eigenvalue weighted by Gasteiger charge is 2.28. The van der Waals surface area contributed by atoms with Gasteiger partial charge in [0.1, 0.15) is 5.82 Å². The minimum Gasteiger partial charge on any atom is -0.472 e. The van der Waals surface area contributed by atoms with Crippen molar-refractivity contribution in [1.82, 2.24) is 9.97 Å². The smallest absolute Gasteiger partial charge is 0.372 e. The van der Waals surface area contributed by atoms with E-state index in [1.165, 1.54) is 0 Å². The van der Waals surface area contributed by atoms with Gasteiger partial charge in [-0.05, 0) is 33.6 Å². The molecule has 0 spiro atoms. The molecule has 1 aromatic rings. The predicted molar refractivity (Wildman–Crippen MR) is 77.1 cm³/mol. The second kappa shape index (κ2) is 6.02. The predicted octanol–water partition coefficient (Wildman–Crippen LogP) is 2.94. The lowest BCUT2D eigenvalue weighted by atomic mass is 10.1. The number of nitrogens with one attached hydrogen (secondary N) is 1. The quantitative estimate of drug-likeness (QED) is 0.659. The molecule has 0 atom stereocenters. The van der Waals surface area contributed by atoms with Crippen molar-refractivity contribution in [2.24, 2.45) is 5.92 Å². The Hall–Kier alpha value is -1.92. The third-order valence-corrected chi connectivity index (χ3v) is 2.19. The highest BCUT2D eigenvalue weighted by Crippen LogP contribution is 2.33. The van der Waals surface area contributed by atoms with E-state index in [1.54, 1.807) is 6.92 Å². The molecule has 0 saturated heterocycles. The minimum atomic E-state index is -0.511. The standard InChI is InChI=1S/C13H22N4O3/c1-8(2)7-20-12-10(17(18)19)11(14-9(3)15-12)16-13(4,5)6/h8H,7H2,1-6H3,(H,14,15,16). The van der Waals surface area contributed by atoms with Crippen LogP contribution in [0.4, 0.5) is 11.5 Å². The van der Waals surface area contributed by atoms with Crippen molar-refractivity contribution in [3.8, 4) is 5.88 Å². The summed E-state index contributed by atoms with van der Waals surface area (Å²) in [6.45, 7) is 11.7. The van der Waals surface area contributed by atoms with E-state index in [9.17, 15) is 10.1 Å². The Balaban J connectivity index is 3.25. The number of hydrogen-bond acceptors (Lipinski definition) is 6. The average Bonchev–Trinajstić information content (AvgIpc) is 2.22. The molecule has 7 heteroatoms. The maximum atomic E-state index is 11.3. The Bertz CT molecular complexity index is 495. The summed E-state index contributed by atoms with van der Waals surface area (Å²) in [4.78, 5) is 18.9. The van der Waals surface area contributed by atoms with Gasteiger partial charge in [-0.15, -0.1) is 0 Å². The van der Waals surface area contributed by atoms with E-state index >= 15 is 0 Å². The summed E-state index contributed by atoms with van der Waals surface area (Å²) in [5.74, 6) is 0.890. The average molecular weight is 282 g/mol. The van der Waals surface area contributed by atoms with E-state index in [0.717, 1.165) is 0 Å². The molecule has 20 heavy (non-hydrogen) atoms. The number of nitrogens with zero attached hydrogens (tertiary/aromatic N) is 3. The molecule has 0 aliphatic rings. The summed E-state index contributed by atoms with van der Waals surface area (Å²) in [5.41, 5.74) is -0.563. The zero-order chi connectivity index (χ0) is 15.5. The van der Waals surface area contributed by atoms with Crippen LogP contribution in [-0.2, 0) is 0 Å². The molecule has 0 aliphatic carbocycles. The SMILES string of the molecule is Cc1nc(NC(C)(C)C)c([N+](=O)[O-])c(OCC(C)C)n1. The van der Waals surface area contributed by atoms with Crippen molar-refractivity contribution in [2.45, 2.75) is 47.1 Å². The van der Waals surface area contributed by atoms with Crippen molar-refractivity contribution in [3.05, 3.63) is 15.9 Å². The number of hydrogen-bond donors (Lipinski definition) is 1. The van der Waals surface area contributed by atoms with Gasteiger partial charge in [-0.2, -0.15) is 4.98 Å². The van der Waals surface area contributed by atoms with E-state index in [0.29, 0.717) is 12.4 Å². The summed E-state index contributed by atoms with van der Waals surface area (Å²) in [7, 11) is 0. The topological polar surface area (TPSA) is 90.2 Å². The molecule has 1 heterocycles. The number of aryl methyl sites for hydroxylation is 1. The van der Waals surface area contributed by atoms with Crippen LogP contribution < -0.4 is 10.1 Å². The Morgan fingerprint density at radius 1 is 1.35 bits per heavy atom. The van der Waals surface area contributed by atoms with Gasteiger partial charge in [-0.25, -0.2) is 4.98 Å². The molecule has 112 valence electrons. The van der Waals surface area contributed by atoms with Crippen molar-refractivity contribution in [3.63, 3.8) is 0 Å². The summed E-state index contributed by atoms with van der Waals surface area (Å²) in [6.07, 6.45) is 0. The van der Waals surface area contributed by atoms with Gasteiger partial charge in [0.25, 0.3) is 5.88 Å². The van der Waals surface area contributed by atoms with Crippen molar-refractivity contribution < 1.29 is 9.66 Å². The molecule has 0 aromatic carbocycles. The van der Waals surface area contributed by atoms with Gasteiger partial charge < -0.3 is 10.1 Å². The first-order valence-electron chi connectivity index (χ1n) is 6.54. The first-order chi connectivity index (χ1) is 9.10. The van der Waals surface area contributed by atoms with Crippen molar-refractivity contribution in [2.75, 3.05) is 11.9 Å². The fourth-order valence-electron chi connectivity index (χ4n) is 1.49. The van der Waals surface area contributed by atoms with E-state index in [1.807, 2.05) is 34.6 Å². The lowest BCUT2D eigenvalue weighted by molar-refractivity contribution is -0.385. The van der Waals surface area contributed by atoms with E-state index in [2.05, 4.69) is 15.3 Å². The first-order valence-corrected chi connectivity index (χ1v) is 6.54. The van der Waals surface area contributed by atoms with Gasteiger partial charge in [-0.1, -0.05) is 13.8 Å². The summed E-state index contributed by atoms with van der Waals surface area (Å²) < 4.78 is 5.46. The van der Waals surface area contributed by atoms with E-state index in [-0.39, 0.29) is 28.8 Å². The Kier molecular flexibility index (Phi) is 4.86. The van der Waals surface area contributed by atoms with Crippen LogP contribution in [-0.4, -0.2) is 27.0 Å². The second-order valence-electron chi connectivity index (χ2n) is 6.11. The van der Waals surface area contributed by atoms with Gasteiger partial charge in [0.2, 0.25) is 5.82 Å². The lowest BCUT2D eigenvalue weighted by Gasteiger charge is -2.21. The monoisotopic (exact) mass is 282 g/mol. The summed E-state index contributed by atoms with van der Waals surface area (Å²) in [6, 6.07) is 0. The highest BCUT2D eigenvalue weighted by atomic mass is 16.6. The molecule has 1 N–H and O–H groups in total. The largest absolute Gasteiger partial charge is 0.472 e. The van der Waals surface area contributed by atoms with Crippen molar-refractivity contribution in [1.29, 1.82) is 0 Å².